The van der Waals surface area contributed by atoms with Crippen molar-refractivity contribution in [2.24, 2.45) is 0 Å². The number of morpholine rings is 1. The lowest BCUT2D eigenvalue weighted by Crippen LogP contribution is -2.46. The Kier molecular flexibility index (Phi) is 4.59. The number of hydrogen-bond acceptors (Lipinski definition) is 3. The van der Waals surface area contributed by atoms with Crippen molar-refractivity contribution < 1.29 is 9.53 Å². The lowest BCUT2D eigenvalue weighted by atomic mass is 10.3. The van der Waals surface area contributed by atoms with Crippen molar-refractivity contribution in [3.63, 3.8) is 0 Å². The number of aryl methyl sites for hydroxylation is 1. The number of rotatable bonds is 3. The second kappa shape index (κ2) is 5.98. The van der Waals surface area contributed by atoms with Crippen molar-refractivity contribution in [3.05, 3.63) is 21.9 Å². The first kappa shape index (κ1) is 13.1. The second-order valence-electron chi connectivity index (χ2n) is 4.02. The van der Waals surface area contributed by atoms with E-state index in [1.807, 2.05) is 17.0 Å². The van der Waals surface area contributed by atoms with Crippen molar-refractivity contribution in [2.45, 2.75) is 19.4 Å². The SMILES string of the molecule is CCc1ccc(C(=O)N2CCOC(CBr)C2)s1. The molecule has 0 saturated carbocycles. The first-order valence-electron chi connectivity index (χ1n) is 5.80. The summed E-state index contributed by atoms with van der Waals surface area (Å²) < 4.78 is 5.53. The quantitative estimate of drug-likeness (QED) is 0.802. The third-order valence-electron chi connectivity index (χ3n) is 2.82. The largest absolute Gasteiger partial charge is 0.374 e. The molecule has 94 valence electrons. The molecule has 3 nitrogen and oxygen atoms in total. The summed E-state index contributed by atoms with van der Waals surface area (Å²) >= 11 is 5.00. The van der Waals surface area contributed by atoms with Crippen LogP contribution in [0.25, 0.3) is 0 Å². The molecule has 1 aromatic heterocycles. The Bertz CT molecular complexity index is 394. The number of ether oxygens (including phenoxy) is 1. The van der Waals surface area contributed by atoms with Gasteiger partial charge in [-0.05, 0) is 18.6 Å². The van der Waals surface area contributed by atoms with Crippen molar-refractivity contribution in [2.75, 3.05) is 25.0 Å². The second-order valence-corrected chi connectivity index (χ2v) is 5.83. The van der Waals surface area contributed by atoms with Crippen molar-refractivity contribution in [1.29, 1.82) is 0 Å². The molecular weight excluding hydrogens is 302 g/mol. The maximum absolute atomic E-state index is 12.3. The zero-order valence-corrected chi connectivity index (χ0v) is 12.2. The van der Waals surface area contributed by atoms with Crippen LogP contribution in [0.1, 0.15) is 21.5 Å². The van der Waals surface area contributed by atoms with E-state index < -0.39 is 0 Å². The van der Waals surface area contributed by atoms with Gasteiger partial charge in [0.15, 0.2) is 0 Å². The smallest absolute Gasteiger partial charge is 0.264 e. The monoisotopic (exact) mass is 317 g/mol. The van der Waals surface area contributed by atoms with E-state index in [2.05, 4.69) is 22.9 Å². The van der Waals surface area contributed by atoms with Gasteiger partial charge >= 0.3 is 0 Å². The molecule has 2 heterocycles. The summed E-state index contributed by atoms with van der Waals surface area (Å²) in [6.45, 7) is 4.12. The number of amides is 1. The van der Waals surface area contributed by atoms with Gasteiger partial charge in [0.1, 0.15) is 0 Å². The number of hydrogen-bond donors (Lipinski definition) is 0. The van der Waals surface area contributed by atoms with Gasteiger partial charge in [0.05, 0.1) is 17.6 Å². The third-order valence-corrected chi connectivity index (χ3v) is 4.76. The minimum atomic E-state index is 0.123. The molecule has 2 rings (SSSR count). The molecular formula is C12H16BrNO2S. The summed E-state index contributed by atoms with van der Waals surface area (Å²) in [7, 11) is 0. The van der Waals surface area contributed by atoms with E-state index in [0.29, 0.717) is 19.7 Å². The zero-order chi connectivity index (χ0) is 12.3. The summed E-state index contributed by atoms with van der Waals surface area (Å²) in [4.78, 5) is 16.3. The fourth-order valence-electron chi connectivity index (χ4n) is 1.84. The number of alkyl halides is 1. The Balaban J connectivity index is 2.03. The molecule has 1 aromatic rings. The molecule has 1 aliphatic heterocycles. The summed E-state index contributed by atoms with van der Waals surface area (Å²) in [5.41, 5.74) is 0. The van der Waals surface area contributed by atoms with Gasteiger partial charge in [0.2, 0.25) is 0 Å². The molecule has 0 aliphatic carbocycles. The van der Waals surface area contributed by atoms with Gasteiger partial charge in [-0.1, -0.05) is 22.9 Å². The van der Waals surface area contributed by atoms with Crippen LogP contribution in [0, 0.1) is 0 Å². The average Bonchev–Trinajstić information content (AvgIpc) is 2.86. The molecule has 1 atom stereocenters. The number of carbonyl (C=O) groups excluding carboxylic acids is 1. The van der Waals surface area contributed by atoms with E-state index in [0.717, 1.165) is 16.6 Å². The Hall–Kier alpha value is -0.390. The molecule has 0 aromatic carbocycles. The van der Waals surface area contributed by atoms with E-state index >= 15 is 0 Å². The average molecular weight is 318 g/mol. The molecule has 1 aliphatic rings. The number of carbonyl (C=O) groups is 1. The molecule has 1 unspecified atom stereocenters. The van der Waals surface area contributed by atoms with Gasteiger partial charge < -0.3 is 9.64 Å². The van der Waals surface area contributed by atoms with Crippen molar-refractivity contribution in [3.8, 4) is 0 Å². The van der Waals surface area contributed by atoms with Gasteiger partial charge in [-0.2, -0.15) is 0 Å². The van der Waals surface area contributed by atoms with Crippen LogP contribution in [-0.4, -0.2) is 41.9 Å². The molecule has 0 spiro atoms. The highest BCUT2D eigenvalue weighted by Crippen LogP contribution is 2.20. The normalized spacial score (nSPS) is 20.6. The topological polar surface area (TPSA) is 29.5 Å². The molecule has 1 saturated heterocycles. The Morgan fingerprint density at radius 1 is 1.65 bits per heavy atom. The Labute approximate surface area is 114 Å². The summed E-state index contributed by atoms with van der Waals surface area (Å²) in [5, 5.41) is 0.779. The van der Waals surface area contributed by atoms with Crippen LogP contribution in [0.15, 0.2) is 12.1 Å². The standard InChI is InChI=1S/C12H16BrNO2S/c1-2-10-3-4-11(17-10)12(15)14-5-6-16-9(7-13)8-14/h3-4,9H,2,5-8H2,1H3. The maximum Gasteiger partial charge on any atom is 0.264 e. The first-order chi connectivity index (χ1) is 8.24. The highest BCUT2D eigenvalue weighted by Gasteiger charge is 2.25. The van der Waals surface area contributed by atoms with E-state index in [9.17, 15) is 4.79 Å². The fraction of sp³-hybridized carbons (Fsp3) is 0.583. The minimum absolute atomic E-state index is 0.123. The van der Waals surface area contributed by atoms with Crippen LogP contribution in [0.2, 0.25) is 0 Å². The summed E-state index contributed by atoms with van der Waals surface area (Å²) in [5.74, 6) is 0.143. The molecule has 5 heteroatoms. The van der Waals surface area contributed by atoms with E-state index in [-0.39, 0.29) is 12.0 Å². The zero-order valence-electron chi connectivity index (χ0n) is 9.82. The van der Waals surface area contributed by atoms with Gasteiger partial charge in [-0.25, -0.2) is 0 Å². The van der Waals surface area contributed by atoms with Crippen LogP contribution in [0.5, 0.6) is 0 Å². The van der Waals surface area contributed by atoms with Gasteiger partial charge in [-0.3, -0.25) is 4.79 Å². The van der Waals surface area contributed by atoms with Crippen molar-refractivity contribution in [1.82, 2.24) is 4.90 Å². The predicted molar refractivity (Wildman–Crippen MR) is 73.1 cm³/mol. The van der Waals surface area contributed by atoms with Gasteiger partial charge in [0, 0.05) is 23.3 Å². The van der Waals surface area contributed by atoms with E-state index in [1.165, 1.54) is 4.88 Å². The fourth-order valence-corrected chi connectivity index (χ4v) is 3.14. The molecule has 1 amide bonds. The van der Waals surface area contributed by atoms with Crippen molar-refractivity contribution >= 4 is 33.2 Å². The number of nitrogens with zero attached hydrogens (tertiary/aromatic N) is 1. The predicted octanol–water partition coefficient (Wildman–Crippen LogP) is 2.55. The highest BCUT2D eigenvalue weighted by atomic mass is 79.9. The summed E-state index contributed by atoms with van der Waals surface area (Å²) in [6, 6.07) is 3.98. The van der Waals surface area contributed by atoms with E-state index in [1.54, 1.807) is 11.3 Å². The molecule has 17 heavy (non-hydrogen) atoms. The van der Waals surface area contributed by atoms with Crippen LogP contribution >= 0.6 is 27.3 Å². The minimum Gasteiger partial charge on any atom is -0.374 e. The molecule has 0 radical (unpaired) electrons. The lowest BCUT2D eigenvalue weighted by Gasteiger charge is -2.31. The van der Waals surface area contributed by atoms with E-state index in [4.69, 9.17) is 4.74 Å². The Morgan fingerprint density at radius 2 is 2.47 bits per heavy atom. The number of halogens is 1. The third kappa shape index (κ3) is 3.09. The first-order valence-corrected chi connectivity index (χ1v) is 7.74. The number of thiophene rings is 1. The Morgan fingerprint density at radius 3 is 3.12 bits per heavy atom. The maximum atomic E-state index is 12.3. The van der Waals surface area contributed by atoms with Crippen LogP contribution in [-0.2, 0) is 11.2 Å². The van der Waals surface area contributed by atoms with Gasteiger partial charge in [-0.15, -0.1) is 11.3 Å². The molecule has 0 bridgehead atoms. The molecule has 0 N–H and O–H groups in total. The van der Waals surface area contributed by atoms with Crippen LogP contribution in [0.3, 0.4) is 0 Å². The van der Waals surface area contributed by atoms with Gasteiger partial charge in [0.25, 0.3) is 5.91 Å². The summed E-state index contributed by atoms with van der Waals surface area (Å²) in [6.07, 6.45) is 1.11. The molecule has 1 fully saturated rings. The lowest BCUT2D eigenvalue weighted by molar-refractivity contribution is -0.00945. The van der Waals surface area contributed by atoms with Crippen LogP contribution in [0.4, 0.5) is 0 Å². The van der Waals surface area contributed by atoms with Crippen LogP contribution < -0.4 is 0 Å². The highest BCUT2D eigenvalue weighted by molar-refractivity contribution is 9.09.